The minimum absolute atomic E-state index is 0. The molecule has 0 amide bonds. The van der Waals surface area contributed by atoms with Gasteiger partial charge in [-0.1, -0.05) is 17.7 Å². The molecule has 0 saturated carbocycles. The van der Waals surface area contributed by atoms with E-state index in [1.165, 1.54) is 23.5 Å². The molecule has 0 fully saturated rings. The summed E-state index contributed by atoms with van der Waals surface area (Å²) in [5.41, 5.74) is 1.51. The number of carbonyl (C=O) groups is 1. The van der Waals surface area contributed by atoms with Crippen LogP contribution >= 0.6 is 46.9 Å². The minimum atomic E-state index is -0.353. The van der Waals surface area contributed by atoms with Crippen molar-refractivity contribution in [3.05, 3.63) is 50.2 Å². The standard InChI is InChI=1S/C19H24ClFN4O2S.HI/c1-5-27-18(26)16-11(2)24-17(28-16)12(3)25-19(22-4)23-9-8-13-6-7-14(21)10-15(13)20;/h6-7,10,12H,5,8-9H2,1-4H3,(H2,22,23,25);1H. The number of carbonyl (C=O) groups excluding carboxylic acids is 1. The maximum Gasteiger partial charge on any atom is 0.350 e. The molecule has 0 radical (unpaired) electrons. The van der Waals surface area contributed by atoms with Gasteiger partial charge in [-0.25, -0.2) is 14.2 Å². The molecular formula is C19H25ClFIN4O2S. The Morgan fingerprint density at radius 1 is 1.45 bits per heavy atom. The number of aryl methyl sites for hydroxylation is 1. The first kappa shape index (κ1) is 25.6. The second-order valence-corrected chi connectivity index (χ2v) is 7.48. The summed E-state index contributed by atoms with van der Waals surface area (Å²) in [5, 5.41) is 7.62. The van der Waals surface area contributed by atoms with Crippen LogP contribution in [0.5, 0.6) is 0 Å². The number of esters is 1. The largest absolute Gasteiger partial charge is 0.462 e. The van der Waals surface area contributed by atoms with E-state index in [1.807, 2.05) is 6.92 Å². The lowest BCUT2D eigenvalue weighted by Crippen LogP contribution is -2.39. The van der Waals surface area contributed by atoms with Gasteiger partial charge >= 0.3 is 5.97 Å². The Balaban J connectivity index is 0.00000420. The number of benzene rings is 1. The zero-order chi connectivity index (χ0) is 20.7. The van der Waals surface area contributed by atoms with Crippen LogP contribution in [0.4, 0.5) is 4.39 Å². The predicted octanol–water partition coefficient (Wildman–Crippen LogP) is 4.51. The fraction of sp³-hybridized carbons (Fsp3) is 0.421. The van der Waals surface area contributed by atoms with Gasteiger partial charge in [0.2, 0.25) is 0 Å². The van der Waals surface area contributed by atoms with Gasteiger partial charge in [-0.05, 0) is 44.9 Å². The summed E-state index contributed by atoms with van der Waals surface area (Å²) in [4.78, 5) is 21.1. The summed E-state index contributed by atoms with van der Waals surface area (Å²) in [6, 6.07) is 4.22. The Bertz CT molecular complexity index is 863. The summed E-state index contributed by atoms with van der Waals surface area (Å²) < 4.78 is 18.2. The third-order valence-corrected chi connectivity index (χ3v) is 5.60. The fourth-order valence-corrected chi connectivity index (χ4v) is 3.71. The van der Waals surface area contributed by atoms with Crippen LogP contribution in [0.25, 0.3) is 0 Å². The molecule has 0 spiro atoms. The molecule has 0 aliphatic carbocycles. The second-order valence-electron chi connectivity index (χ2n) is 6.04. The van der Waals surface area contributed by atoms with Gasteiger partial charge in [-0.3, -0.25) is 4.99 Å². The van der Waals surface area contributed by atoms with Crippen LogP contribution in [0, 0.1) is 12.7 Å². The number of guanidine groups is 1. The Hall–Kier alpha value is -1.46. The summed E-state index contributed by atoms with van der Waals surface area (Å²) in [6.07, 6.45) is 0.623. The summed E-state index contributed by atoms with van der Waals surface area (Å²) in [6.45, 7) is 6.40. The number of aromatic nitrogens is 1. The highest BCUT2D eigenvalue weighted by Crippen LogP contribution is 2.24. The number of hydrogen-bond acceptors (Lipinski definition) is 5. The van der Waals surface area contributed by atoms with Crippen LogP contribution in [0.15, 0.2) is 23.2 Å². The molecule has 2 aromatic rings. The molecule has 2 rings (SSSR count). The first-order valence-electron chi connectivity index (χ1n) is 8.91. The number of nitrogens with zero attached hydrogens (tertiary/aromatic N) is 2. The van der Waals surface area contributed by atoms with E-state index in [9.17, 15) is 9.18 Å². The lowest BCUT2D eigenvalue weighted by Gasteiger charge is -2.16. The Morgan fingerprint density at radius 2 is 2.17 bits per heavy atom. The van der Waals surface area contributed by atoms with Gasteiger partial charge in [-0.2, -0.15) is 0 Å². The summed E-state index contributed by atoms with van der Waals surface area (Å²) in [5.74, 6) is -0.111. The third-order valence-electron chi connectivity index (χ3n) is 3.92. The van der Waals surface area contributed by atoms with Crippen molar-refractivity contribution in [1.82, 2.24) is 15.6 Å². The molecule has 0 saturated heterocycles. The van der Waals surface area contributed by atoms with E-state index < -0.39 is 0 Å². The first-order valence-corrected chi connectivity index (χ1v) is 10.1. The number of thiazole rings is 1. The average Bonchev–Trinajstić information content (AvgIpc) is 3.04. The number of aliphatic imine (C=N–C) groups is 1. The Labute approximate surface area is 196 Å². The van der Waals surface area contributed by atoms with Crippen LogP contribution in [0.2, 0.25) is 5.02 Å². The van der Waals surface area contributed by atoms with E-state index >= 15 is 0 Å². The molecular weight excluding hydrogens is 530 g/mol. The van der Waals surface area contributed by atoms with Gasteiger partial charge in [0.1, 0.15) is 15.7 Å². The topological polar surface area (TPSA) is 75.6 Å². The number of halogens is 3. The molecule has 0 aliphatic rings. The van der Waals surface area contributed by atoms with Crippen molar-refractivity contribution in [3.63, 3.8) is 0 Å². The van der Waals surface area contributed by atoms with Gasteiger partial charge in [0.15, 0.2) is 5.96 Å². The lowest BCUT2D eigenvalue weighted by molar-refractivity contribution is 0.0531. The highest BCUT2D eigenvalue weighted by molar-refractivity contribution is 14.0. The third kappa shape index (κ3) is 7.38. The van der Waals surface area contributed by atoms with Gasteiger partial charge in [-0.15, -0.1) is 35.3 Å². The number of ether oxygens (including phenoxy) is 1. The molecule has 0 bridgehead atoms. The Kier molecular flexibility index (Phi) is 10.8. The number of nitrogens with one attached hydrogen (secondary N) is 2. The van der Waals surface area contributed by atoms with Crippen LogP contribution in [-0.2, 0) is 11.2 Å². The molecule has 29 heavy (non-hydrogen) atoms. The molecule has 160 valence electrons. The van der Waals surface area contributed by atoms with Gasteiger partial charge in [0, 0.05) is 18.6 Å². The molecule has 2 N–H and O–H groups in total. The highest BCUT2D eigenvalue weighted by atomic mass is 127. The summed E-state index contributed by atoms with van der Waals surface area (Å²) >= 11 is 7.36. The molecule has 0 aliphatic heterocycles. The van der Waals surface area contributed by atoms with Crippen molar-refractivity contribution in [1.29, 1.82) is 0 Å². The van der Waals surface area contributed by atoms with Gasteiger partial charge in [0.05, 0.1) is 18.3 Å². The quantitative estimate of drug-likeness (QED) is 0.228. The van der Waals surface area contributed by atoms with E-state index in [2.05, 4.69) is 20.6 Å². The monoisotopic (exact) mass is 554 g/mol. The van der Waals surface area contributed by atoms with Crippen LogP contribution < -0.4 is 10.6 Å². The van der Waals surface area contributed by atoms with Crippen molar-refractivity contribution >= 4 is 58.8 Å². The van der Waals surface area contributed by atoms with Gasteiger partial charge in [0.25, 0.3) is 0 Å². The molecule has 1 unspecified atom stereocenters. The van der Waals surface area contributed by atoms with Crippen molar-refractivity contribution in [2.45, 2.75) is 33.2 Å². The summed E-state index contributed by atoms with van der Waals surface area (Å²) in [7, 11) is 1.67. The molecule has 1 atom stereocenters. The normalized spacial score (nSPS) is 12.1. The smallest absolute Gasteiger partial charge is 0.350 e. The zero-order valence-corrected chi connectivity index (χ0v) is 20.6. The molecule has 1 aromatic heterocycles. The van der Waals surface area contributed by atoms with Crippen LogP contribution in [0.1, 0.15) is 45.8 Å². The maximum atomic E-state index is 13.1. The molecule has 1 aromatic carbocycles. The van der Waals surface area contributed by atoms with Crippen molar-refractivity contribution in [2.24, 2.45) is 4.99 Å². The van der Waals surface area contributed by atoms with Crippen molar-refractivity contribution in [3.8, 4) is 0 Å². The van der Waals surface area contributed by atoms with E-state index in [0.717, 1.165) is 10.6 Å². The number of hydrogen-bond donors (Lipinski definition) is 2. The Morgan fingerprint density at radius 3 is 2.79 bits per heavy atom. The highest BCUT2D eigenvalue weighted by Gasteiger charge is 2.20. The van der Waals surface area contributed by atoms with E-state index in [1.54, 1.807) is 27.0 Å². The van der Waals surface area contributed by atoms with Crippen molar-refractivity contribution in [2.75, 3.05) is 20.2 Å². The van der Waals surface area contributed by atoms with Crippen molar-refractivity contribution < 1.29 is 13.9 Å². The maximum absolute atomic E-state index is 13.1. The number of rotatable bonds is 7. The minimum Gasteiger partial charge on any atom is -0.462 e. The van der Waals surface area contributed by atoms with E-state index in [-0.39, 0.29) is 41.8 Å². The SMILES string of the molecule is CCOC(=O)c1sc(C(C)NC(=NC)NCCc2ccc(F)cc2Cl)nc1C.I. The lowest BCUT2D eigenvalue weighted by atomic mass is 10.1. The molecule has 1 heterocycles. The zero-order valence-electron chi connectivity index (χ0n) is 16.7. The van der Waals surface area contributed by atoms with Crippen LogP contribution in [0.3, 0.4) is 0 Å². The van der Waals surface area contributed by atoms with Crippen LogP contribution in [-0.4, -0.2) is 37.1 Å². The molecule has 6 nitrogen and oxygen atoms in total. The second kappa shape index (κ2) is 12.3. The molecule has 10 heteroatoms. The first-order chi connectivity index (χ1) is 13.3. The predicted molar refractivity (Wildman–Crippen MR) is 126 cm³/mol. The van der Waals surface area contributed by atoms with E-state index in [0.29, 0.717) is 41.1 Å². The van der Waals surface area contributed by atoms with E-state index in [4.69, 9.17) is 16.3 Å². The van der Waals surface area contributed by atoms with Gasteiger partial charge < -0.3 is 15.4 Å². The average molecular weight is 555 g/mol. The fourth-order valence-electron chi connectivity index (χ4n) is 2.49.